The number of amides is 1. The number of hydrogen-bond donors (Lipinski definition) is 1. The van der Waals surface area contributed by atoms with Crippen LogP contribution in [0.1, 0.15) is 41.2 Å². The molecule has 28 heavy (non-hydrogen) atoms. The zero-order valence-corrected chi connectivity index (χ0v) is 15.7. The van der Waals surface area contributed by atoms with E-state index >= 15 is 0 Å². The third-order valence-corrected chi connectivity index (χ3v) is 4.26. The first-order valence-corrected chi connectivity index (χ1v) is 9.04. The van der Waals surface area contributed by atoms with Crippen LogP contribution in [-0.4, -0.2) is 34.9 Å². The van der Waals surface area contributed by atoms with Gasteiger partial charge in [0.05, 0.1) is 25.9 Å². The molecule has 1 aromatic carbocycles. The lowest BCUT2D eigenvalue weighted by Gasteiger charge is -2.15. The Morgan fingerprint density at radius 1 is 1.32 bits per heavy atom. The number of ether oxygens (including phenoxy) is 2. The molecule has 0 unspecified atom stereocenters. The Morgan fingerprint density at radius 2 is 2.04 bits per heavy atom. The SMILES string of the molecule is CC(C)Oc1ccc(C(=O)NCCn2nc(C(F)(F)F)c3c2CCOC3)cc1. The van der Waals surface area contributed by atoms with Crippen LogP contribution in [0.4, 0.5) is 13.2 Å². The summed E-state index contributed by atoms with van der Waals surface area (Å²) in [5.41, 5.74) is 0.145. The average molecular weight is 397 g/mol. The van der Waals surface area contributed by atoms with E-state index in [1.807, 2.05) is 13.8 Å². The van der Waals surface area contributed by atoms with Gasteiger partial charge in [-0.3, -0.25) is 9.48 Å². The number of fused-ring (bicyclic) bond motifs is 1. The predicted octanol–water partition coefficient (Wildman–Crippen LogP) is 3.19. The molecule has 1 aliphatic heterocycles. The van der Waals surface area contributed by atoms with Crippen molar-refractivity contribution >= 4 is 5.91 Å². The van der Waals surface area contributed by atoms with Gasteiger partial charge in [0.15, 0.2) is 5.69 Å². The number of carbonyl (C=O) groups excluding carboxylic acids is 1. The van der Waals surface area contributed by atoms with Crippen molar-refractivity contribution in [2.45, 2.75) is 45.7 Å². The molecule has 6 nitrogen and oxygen atoms in total. The highest BCUT2D eigenvalue weighted by Gasteiger charge is 2.39. The van der Waals surface area contributed by atoms with Crippen molar-refractivity contribution in [2.24, 2.45) is 0 Å². The summed E-state index contributed by atoms with van der Waals surface area (Å²) in [6, 6.07) is 6.69. The molecule has 0 saturated heterocycles. The lowest BCUT2D eigenvalue weighted by Crippen LogP contribution is -2.28. The maximum Gasteiger partial charge on any atom is 0.435 e. The van der Waals surface area contributed by atoms with E-state index in [0.29, 0.717) is 30.0 Å². The molecular weight excluding hydrogens is 375 g/mol. The molecule has 0 spiro atoms. The molecule has 0 bridgehead atoms. The fraction of sp³-hybridized carbons (Fsp3) is 0.474. The monoisotopic (exact) mass is 397 g/mol. The minimum Gasteiger partial charge on any atom is -0.491 e. The van der Waals surface area contributed by atoms with E-state index in [9.17, 15) is 18.0 Å². The van der Waals surface area contributed by atoms with Crippen LogP contribution in [0, 0.1) is 0 Å². The normalized spacial score (nSPS) is 14.1. The Bertz CT molecular complexity index is 829. The highest BCUT2D eigenvalue weighted by atomic mass is 19.4. The Hall–Kier alpha value is -2.55. The number of nitrogens with one attached hydrogen (secondary N) is 1. The number of halogens is 3. The van der Waals surface area contributed by atoms with E-state index < -0.39 is 11.9 Å². The number of hydrogen-bond acceptors (Lipinski definition) is 4. The van der Waals surface area contributed by atoms with Gasteiger partial charge in [0.25, 0.3) is 5.91 Å². The smallest absolute Gasteiger partial charge is 0.435 e. The summed E-state index contributed by atoms with van der Waals surface area (Å²) >= 11 is 0. The molecule has 1 aliphatic rings. The van der Waals surface area contributed by atoms with Gasteiger partial charge in [0.1, 0.15) is 5.75 Å². The van der Waals surface area contributed by atoms with Gasteiger partial charge in [-0.25, -0.2) is 0 Å². The number of rotatable bonds is 6. The number of nitrogens with zero attached hydrogens (tertiary/aromatic N) is 2. The average Bonchev–Trinajstić information content (AvgIpc) is 3.01. The Morgan fingerprint density at radius 3 is 2.68 bits per heavy atom. The summed E-state index contributed by atoms with van der Waals surface area (Å²) in [6.07, 6.45) is -4.13. The Kier molecular flexibility index (Phi) is 5.93. The molecule has 2 heterocycles. The van der Waals surface area contributed by atoms with Crippen molar-refractivity contribution in [3.05, 3.63) is 46.8 Å². The molecule has 9 heteroatoms. The van der Waals surface area contributed by atoms with Crippen molar-refractivity contribution in [1.82, 2.24) is 15.1 Å². The highest BCUT2D eigenvalue weighted by molar-refractivity contribution is 5.94. The highest BCUT2D eigenvalue weighted by Crippen LogP contribution is 2.34. The lowest BCUT2D eigenvalue weighted by atomic mass is 10.1. The molecule has 1 N–H and O–H groups in total. The van der Waals surface area contributed by atoms with E-state index in [2.05, 4.69) is 10.4 Å². The molecule has 0 saturated carbocycles. The third-order valence-electron chi connectivity index (χ3n) is 4.26. The number of alkyl halides is 3. The van der Waals surface area contributed by atoms with Gasteiger partial charge in [-0.2, -0.15) is 18.3 Å². The van der Waals surface area contributed by atoms with Crippen LogP contribution in [0.25, 0.3) is 0 Å². The molecule has 152 valence electrons. The van der Waals surface area contributed by atoms with Gasteiger partial charge in [-0.1, -0.05) is 0 Å². The largest absolute Gasteiger partial charge is 0.491 e. The van der Waals surface area contributed by atoms with Gasteiger partial charge < -0.3 is 14.8 Å². The standard InChI is InChI=1S/C19H22F3N3O3/c1-12(2)28-14-5-3-13(4-6-14)18(26)23-8-9-25-16-7-10-27-11-15(16)17(24-25)19(20,21)22/h3-6,12H,7-11H2,1-2H3,(H,23,26). The summed E-state index contributed by atoms with van der Waals surface area (Å²) in [4.78, 5) is 12.2. The zero-order valence-electron chi connectivity index (χ0n) is 15.7. The third kappa shape index (κ3) is 4.64. The van der Waals surface area contributed by atoms with Gasteiger partial charge >= 0.3 is 6.18 Å². The van der Waals surface area contributed by atoms with Crippen molar-refractivity contribution < 1.29 is 27.4 Å². The minimum atomic E-state index is -4.53. The molecule has 0 radical (unpaired) electrons. The van der Waals surface area contributed by atoms with Crippen molar-refractivity contribution in [3.8, 4) is 5.75 Å². The van der Waals surface area contributed by atoms with E-state index in [1.54, 1.807) is 24.3 Å². The van der Waals surface area contributed by atoms with Crippen LogP contribution < -0.4 is 10.1 Å². The summed E-state index contributed by atoms with van der Waals surface area (Å²) in [7, 11) is 0. The fourth-order valence-electron chi connectivity index (χ4n) is 3.06. The molecule has 0 atom stereocenters. The van der Waals surface area contributed by atoms with Crippen LogP contribution in [0.3, 0.4) is 0 Å². The first-order valence-electron chi connectivity index (χ1n) is 9.04. The van der Waals surface area contributed by atoms with E-state index in [1.165, 1.54) is 4.68 Å². The van der Waals surface area contributed by atoms with E-state index in [-0.39, 0.29) is 37.3 Å². The Balaban J connectivity index is 1.62. The number of carbonyl (C=O) groups is 1. The molecule has 0 aliphatic carbocycles. The maximum absolute atomic E-state index is 13.2. The van der Waals surface area contributed by atoms with Crippen molar-refractivity contribution in [1.29, 1.82) is 0 Å². The topological polar surface area (TPSA) is 65.4 Å². The maximum atomic E-state index is 13.2. The van der Waals surface area contributed by atoms with Crippen LogP contribution in [0.2, 0.25) is 0 Å². The van der Waals surface area contributed by atoms with E-state index in [0.717, 1.165) is 0 Å². The van der Waals surface area contributed by atoms with Crippen LogP contribution in [-0.2, 0) is 30.5 Å². The quantitative estimate of drug-likeness (QED) is 0.813. The molecular formula is C19H22F3N3O3. The minimum absolute atomic E-state index is 0.0339. The van der Waals surface area contributed by atoms with Gasteiger partial charge in [-0.05, 0) is 38.1 Å². The molecule has 1 amide bonds. The van der Waals surface area contributed by atoms with Crippen molar-refractivity contribution in [3.63, 3.8) is 0 Å². The lowest BCUT2D eigenvalue weighted by molar-refractivity contribution is -0.142. The van der Waals surface area contributed by atoms with Crippen molar-refractivity contribution in [2.75, 3.05) is 13.2 Å². The fourth-order valence-corrected chi connectivity index (χ4v) is 3.06. The second-order valence-electron chi connectivity index (χ2n) is 6.74. The first-order chi connectivity index (χ1) is 13.3. The van der Waals surface area contributed by atoms with Crippen LogP contribution in [0.15, 0.2) is 24.3 Å². The van der Waals surface area contributed by atoms with Crippen LogP contribution >= 0.6 is 0 Å². The summed E-state index contributed by atoms with van der Waals surface area (Å²) in [5.74, 6) is 0.355. The number of benzene rings is 1. The summed E-state index contributed by atoms with van der Waals surface area (Å²) in [5, 5.41) is 6.43. The number of aromatic nitrogens is 2. The Labute approximate surface area is 160 Å². The summed E-state index contributed by atoms with van der Waals surface area (Å²) in [6.45, 7) is 4.39. The molecule has 0 fully saturated rings. The molecule has 2 aromatic rings. The van der Waals surface area contributed by atoms with Gasteiger partial charge in [0, 0.05) is 29.8 Å². The second-order valence-corrected chi connectivity index (χ2v) is 6.74. The van der Waals surface area contributed by atoms with E-state index in [4.69, 9.17) is 9.47 Å². The zero-order chi connectivity index (χ0) is 20.3. The van der Waals surface area contributed by atoms with Gasteiger partial charge in [0.2, 0.25) is 0 Å². The predicted molar refractivity (Wildman–Crippen MR) is 95.1 cm³/mol. The first kappa shape index (κ1) is 20.2. The van der Waals surface area contributed by atoms with Gasteiger partial charge in [-0.15, -0.1) is 0 Å². The molecule has 3 rings (SSSR count). The second kappa shape index (κ2) is 8.22. The molecule has 1 aromatic heterocycles. The summed E-state index contributed by atoms with van der Waals surface area (Å²) < 4.78 is 51.5. The van der Waals surface area contributed by atoms with Crippen LogP contribution in [0.5, 0.6) is 5.75 Å².